The highest BCUT2D eigenvalue weighted by molar-refractivity contribution is 5.58. The Balaban J connectivity index is 1.36. The molecule has 4 aromatic rings. The number of tetrazole rings is 1. The Morgan fingerprint density at radius 1 is 1.03 bits per heavy atom. The zero-order chi connectivity index (χ0) is 24.2. The summed E-state index contributed by atoms with van der Waals surface area (Å²) in [5.41, 5.74) is 4.25. The van der Waals surface area contributed by atoms with Gasteiger partial charge in [0.15, 0.2) is 5.82 Å². The van der Waals surface area contributed by atoms with E-state index in [0.717, 1.165) is 52.8 Å². The lowest BCUT2D eigenvalue weighted by Gasteiger charge is -2.23. The molecule has 0 radical (unpaired) electrons. The summed E-state index contributed by atoms with van der Waals surface area (Å²) in [7, 11) is 3.52. The molecular weight excluding hydrogens is 444 g/mol. The van der Waals surface area contributed by atoms with Crippen LogP contribution in [0.1, 0.15) is 54.9 Å². The van der Waals surface area contributed by atoms with Gasteiger partial charge < -0.3 is 9.47 Å². The quantitative estimate of drug-likeness (QED) is 0.382. The van der Waals surface area contributed by atoms with Crippen molar-refractivity contribution in [2.24, 2.45) is 7.05 Å². The van der Waals surface area contributed by atoms with Crippen LogP contribution >= 0.6 is 0 Å². The van der Waals surface area contributed by atoms with E-state index in [1.807, 2.05) is 50.4 Å². The molecule has 10 heteroatoms. The number of nitrogens with zero attached hydrogens (tertiary/aromatic N) is 8. The van der Waals surface area contributed by atoms with E-state index in [1.54, 1.807) is 16.5 Å². The van der Waals surface area contributed by atoms with Crippen molar-refractivity contribution in [3.05, 3.63) is 59.2 Å². The molecule has 1 aromatic carbocycles. The SMILES string of the molecule is COc1cccc(Cc2nnnn2Cc2c(-c3ccc(OC4CCCCC4)c(C)n3)nnn2C)c1. The number of aromatic nitrogens is 8. The number of benzene rings is 1. The van der Waals surface area contributed by atoms with Crippen LogP contribution in [0.5, 0.6) is 11.5 Å². The van der Waals surface area contributed by atoms with E-state index in [-0.39, 0.29) is 6.10 Å². The Morgan fingerprint density at radius 3 is 2.69 bits per heavy atom. The van der Waals surface area contributed by atoms with Crippen LogP contribution in [0, 0.1) is 6.92 Å². The fourth-order valence-corrected chi connectivity index (χ4v) is 4.50. The molecule has 3 aromatic heterocycles. The minimum absolute atomic E-state index is 0.282. The summed E-state index contributed by atoms with van der Waals surface area (Å²) in [6.45, 7) is 2.40. The van der Waals surface area contributed by atoms with Gasteiger partial charge in [0.2, 0.25) is 0 Å². The highest BCUT2D eigenvalue weighted by Crippen LogP contribution is 2.28. The molecule has 1 saturated carbocycles. The van der Waals surface area contributed by atoms with Gasteiger partial charge in [0, 0.05) is 13.5 Å². The van der Waals surface area contributed by atoms with Crippen LogP contribution in [-0.2, 0) is 20.0 Å². The van der Waals surface area contributed by atoms with Crippen LogP contribution in [0.25, 0.3) is 11.4 Å². The second-order valence-electron chi connectivity index (χ2n) is 8.95. The van der Waals surface area contributed by atoms with Crippen molar-refractivity contribution < 1.29 is 9.47 Å². The van der Waals surface area contributed by atoms with Crippen molar-refractivity contribution in [3.63, 3.8) is 0 Å². The van der Waals surface area contributed by atoms with Crippen LogP contribution < -0.4 is 9.47 Å². The standard InChI is InChI=1S/C25H30N8O2/c1-17-23(35-19-9-5-4-6-10-19)13-12-21(26-17)25-22(32(2)30-28-25)16-33-24(27-29-31-33)15-18-8-7-11-20(14-18)34-3/h7-8,11-14,19H,4-6,9-10,15-16H2,1-3H3. The van der Waals surface area contributed by atoms with Gasteiger partial charge in [0.25, 0.3) is 0 Å². The molecule has 1 fully saturated rings. The first-order valence-corrected chi connectivity index (χ1v) is 12.0. The van der Waals surface area contributed by atoms with Crippen molar-refractivity contribution in [1.29, 1.82) is 0 Å². The minimum Gasteiger partial charge on any atom is -0.497 e. The Morgan fingerprint density at radius 2 is 1.89 bits per heavy atom. The molecule has 0 bridgehead atoms. The summed E-state index contributed by atoms with van der Waals surface area (Å²) >= 11 is 0. The summed E-state index contributed by atoms with van der Waals surface area (Å²) in [5.74, 6) is 2.38. The van der Waals surface area contributed by atoms with Crippen LogP contribution in [0.15, 0.2) is 36.4 Å². The van der Waals surface area contributed by atoms with Crippen LogP contribution in [0.4, 0.5) is 0 Å². The van der Waals surface area contributed by atoms with E-state index in [9.17, 15) is 0 Å². The first kappa shape index (κ1) is 22.9. The van der Waals surface area contributed by atoms with Gasteiger partial charge in [0.05, 0.1) is 36.8 Å². The summed E-state index contributed by atoms with van der Waals surface area (Å²) in [4.78, 5) is 4.81. The van der Waals surface area contributed by atoms with E-state index in [4.69, 9.17) is 14.5 Å². The second kappa shape index (κ2) is 10.2. The Bertz CT molecular complexity index is 1290. The molecule has 0 amide bonds. The van der Waals surface area contributed by atoms with Gasteiger partial charge in [-0.3, -0.25) is 0 Å². The van der Waals surface area contributed by atoms with Gasteiger partial charge in [0.1, 0.15) is 17.2 Å². The fourth-order valence-electron chi connectivity index (χ4n) is 4.50. The minimum atomic E-state index is 0.282. The lowest BCUT2D eigenvalue weighted by atomic mass is 9.98. The zero-order valence-corrected chi connectivity index (χ0v) is 20.4. The molecule has 0 N–H and O–H groups in total. The predicted molar refractivity (Wildman–Crippen MR) is 129 cm³/mol. The van der Waals surface area contributed by atoms with Crippen LogP contribution in [0.3, 0.4) is 0 Å². The van der Waals surface area contributed by atoms with Gasteiger partial charge in [-0.25, -0.2) is 14.3 Å². The highest BCUT2D eigenvalue weighted by Gasteiger charge is 2.20. The molecular formula is C25H30N8O2. The zero-order valence-electron chi connectivity index (χ0n) is 20.4. The molecule has 0 atom stereocenters. The van der Waals surface area contributed by atoms with Crippen molar-refractivity contribution in [2.45, 2.75) is 58.1 Å². The fraction of sp³-hybridized carbons (Fsp3) is 0.440. The number of rotatable bonds is 8. The first-order valence-electron chi connectivity index (χ1n) is 12.0. The normalized spacial score (nSPS) is 14.3. The predicted octanol–water partition coefficient (Wildman–Crippen LogP) is 3.53. The van der Waals surface area contributed by atoms with E-state index in [0.29, 0.717) is 18.7 Å². The average molecular weight is 475 g/mol. The Kier molecular flexibility index (Phi) is 6.69. The molecule has 5 rings (SSSR count). The largest absolute Gasteiger partial charge is 0.497 e. The van der Waals surface area contributed by atoms with Crippen LogP contribution in [-0.4, -0.2) is 53.4 Å². The third kappa shape index (κ3) is 5.16. The number of pyridine rings is 1. The summed E-state index contributed by atoms with van der Waals surface area (Å²) in [6.07, 6.45) is 6.84. The lowest BCUT2D eigenvalue weighted by Crippen LogP contribution is -2.20. The first-order chi connectivity index (χ1) is 17.1. The number of ether oxygens (including phenoxy) is 2. The number of aryl methyl sites for hydroxylation is 2. The number of methoxy groups -OCH3 is 1. The van der Waals surface area contributed by atoms with E-state index in [1.165, 1.54) is 19.3 Å². The molecule has 3 heterocycles. The third-order valence-corrected chi connectivity index (χ3v) is 6.47. The Hall–Kier alpha value is -3.82. The maximum absolute atomic E-state index is 6.24. The molecule has 0 aliphatic heterocycles. The smallest absolute Gasteiger partial charge is 0.156 e. The molecule has 35 heavy (non-hydrogen) atoms. The van der Waals surface area contributed by atoms with E-state index < -0.39 is 0 Å². The molecule has 0 spiro atoms. The molecule has 0 unspecified atom stereocenters. The van der Waals surface area contributed by atoms with Gasteiger partial charge in [-0.05, 0) is 72.9 Å². The lowest BCUT2D eigenvalue weighted by molar-refractivity contribution is 0.153. The van der Waals surface area contributed by atoms with Crippen molar-refractivity contribution in [1.82, 2.24) is 40.2 Å². The third-order valence-electron chi connectivity index (χ3n) is 6.47. The average Bonchev–Trinajstić information content (AvgIpc) is 3.47. The number of hydrogen-bond acceptors (Lipinski definition) is 8. The monoisotopic (exact) mass is 474 g/mol. The van der Waals surface area contributed by atoms with Gasteiger partial charge in [-0.15, -0.1) is 10.2 Å². The maximum atomic E-state index is 6.24. The Labute approximate surface area is 204 Å². The van der Waals surface area contributed by atoms with Crippen molar-refractivity contribution >= 4 is 0 Å². The van der Waals surface area contributed by atoms with E-state index in [2.05, 4.69) is 25.8 Å². The van der Waals surface area contributed by atoms with Gasteiger partial charge in [-0.1, -0.05) is 23.8 Å². The summed E-state index contributed by atoms with van der Waals surface area (Å²) < 4.78 is 15.1. The second-order valence-corrected chi connectivity index (χ2v) is 8.95. The number of hydrogen-bond donors (Lipinski definition) is 0. The summed E-state index contributed by atoms with van der Waals surface area (Å²) in [5, 5.41) is 21.0. The molecule has 1 aliphatic carbocycles. The van der Waals surface area contributed by atoms with Crippen molar-refractivity contribution in [2.75, 3.05) is 7.11 Å². The highest BCUT2D eigenvalue weighted by atomic mass is 16.5. The summed E-state index contributed by atoms with van der Waals surface area (Å²) in [6, 6.07) is 11.8. The molecule has 10 nitrogen and oxygen atoms in total. The van der Waals surface area contributed by atoms with Gasteiger partial charge >= 0.3 is 0 Å². The van der Waals surface area contributed by atoms with Crippen molar-refractivity contribution in [3.8, 4) is 22.9 Å². The van der Waals surface area contributed by atoms with Crippen LogP contribution in [0.2, 0.25) is 0 Å². The maximum Gasteiger partial charge on any atom is 0.156 e. The molecule has 182 valence electrons. The topological polar surface area (TPSA) is 106 Å². The van der Waals surface area contributed by atoms with E-state index >= 15 is 0 Å². The molecule has 1 aliphatic rings. The molecule has 0 saturated heterocycles. The van der Waals surface area contributed by atoms with Gasteiger partial charge in [-0.2, -0.15) is 0 Å².